The van der Waals surface area contributed by atoms with Crippen molar-refractivity contribution in [3.63, 3.8) is 0 Å². The van der Waals surface area contributed by atoms with E-state index in [9.17, 15) is 4.79 Å². The molecule has 0 radical (unpaired) electrons. The number of hydrogen-bond acceptors (Lipinski definition) is 5. The summed E-state index contributed by atoms with van der Waals surface area (Å²) in [6, 6.07) is 25.7. The number of amides is 1. The van der Waals surface area contributed by atoms with Gasteiger partial charge in [-0.05, 0) is 66.4 Å². The fraction of sp³-hybridized carbons (Fsp3) is 0.321. The summed E-state index contributed by atoms with van der Waals surface area (Å²) >= 11 is 0. The SMILES string of the molecule is CN(C)c1ccc(C(c2ccc(NC(=O)CCC3(C)NN3)cc2)c2ccc(N(C)C)cc2)cc1. The number of rotatable bonds is 9. The van der Waals surface area contributed by atoms with E-state index in [-0.39, 0.29) is 17.5 Å². The van der Waals surface area contributed by atoms with Crippen molar-refractivity contribution in [1.82, 2.24) is 10.9 Å². The van der Waals surface area contributed by atoms with Crippen LogP contribution in [0.5, 0.6) is 0 Å². The fourth-order valence-corrected chi connectivity index (χ4v) is 4.08. The van der Waals surface area contributed by atoms with Crippen molar-refractivity contribution < 1.29 is 4.79 Å². The first-order chi connectivity index (χ1) is 16.2. The number of hydrazine groups is 1. The standard InChI is InChI=1S/C28H35N5O/c1-28(30-31-28)19-18-26(34)29-23-12-6-20(7-13-23)27(21-8-14-24(15-9-21)32(2)3)22-10-16-25(17-11-22)33(4)5/h6-17,27,30-31H,18-19H2,1-5H3,(H,29,34). The molecule has 6 nitrogen and oxygen atoms in total. The summed E-state index contributed by atoms with van der Waals surface area (Å²) in [5.41, 5.74) is 12.9. The summed E-state index contributed by atoms with van der Waals surface area (Å²) in [4.78, 5) is 16.6. The molecular weight excluding hydrogens is 422 g/mol. The van der Waals surface area contributed by atoms with Gasteiger partial charge >= 0.3 is 0 Å². The monoisotopic (exact) mass is 457 g/mol. The summed E-state index contributed by atoms with van der Waals surface area (Å²) in [5, 5.41) is 3.02. The van der Waals surface area contributed by atoms with Gasteiger partial charge in [-0.25, -0.2) is 10.9 Å². The third-order valence-corrected chi connectivity index (χ3v) is 6.42. The van der Waals surface area contributed by atoms with Crippen LogP contribution in [0.1, 0.15) is 42.4 Å². The Morgan fingerprint density at radius 1 is 0.765 bits per heavy atom. The highest BCUT2D eigenvalue weighted by molar-refractivity contribution is 5.90. The second-order valence-corrected chi connectivity index (χ2v) is 9.66. The molecule has 0 atom stereocenters. The second-order valence-electron chi connectivity index (χ2n) is 9.66. The molecule has 3 aromatic rings. The molecule has 0 spiro atoms. The minimum Gasteiger partial charge on any atom is -0.378 e. The smallest absolute Gasteiger partial charge is 0.224 e. The number of anilines is 3. The molecule has 1 aliphatic rings. The van der Waals surface area contributed by atoms with Crippen LogP contribution in [0.15, 0.2) is 72.8 Å². The van der Waals surface area contributed by atoms with Crippen LogP contribution in [-0.2, 0) is 4.79 Å². The number of benzene rings is 3. The average Bonchev–Trinajstić information content (AvgIpc) is 3.57. The van der Waals surface area contributed by atoms with Crippen LogP contribution in [0.4, 0.5) is 17.1 Å². The van der Waals surface area contributed by atoms with Crippen LogP contribution in [0.2, 0.25) is 0 Å². The Hall–Kier alpha value is -3.35. The molecule has 0 aromatic heterocycles. The van der Waals surface area contributed by atoms with Crippen LogP contribution in [0, 0.1) is 0 Å². The number of nitrogens with one attached hydrogen (secondary N) is 3. The lowest BCUT2D eigenvalue weighted by molar-refractivity contribution is -0.116. The van der Waals surface area contributed by atoms with E-state index in [2.05, 4.69) is 115 Å². The van der Waals surface area contributed by atoms with E-state index in [1.54, 1.807) is 0 Å². The molecule has 0 unspecified atom stereocenters. The first-order valence-electron chi connectivity index (χ1n) is 11.7. The van der Waals surface area contributed by atoms with Crippen LogP contribution in [0.3, 0.4) is 0 Å². The number of carbonyl (C=O) groups excluding carboxylic acids is 1. The van der Waals surface area contributed by atoms with E-state index >= 15 is 0 Å². The van der Waals surface area contributed by atoms with Gasteiger partial charge in [-0.1, -0.05) is 36.4 Å². The maximum Gasteiger partial charge on any atom is 0.224 e. The molecule has 178 valence electrons. The number of hydrogen-bond donors (Lipinski definition) is 3. The quantitative estimate of drug-likeness (QED) is 0.325. The summed E-state index contributed by atoms with van der Waals surface area (Å²) < 4.78 is 0. The van der Waals surface area contributed by atoms with Crippen LogP contribution >= 0.6 is 0 Å². The van der Waals surface area contributed by atoms with Crippen LogP contribution in [-0.4, -0.2) is 39.8 Å². The third-order valence-electron chi connectivity index (χ3n) is 6.42. The fourth-order valence-electron chi connectivity index (χ4n) is 4.08. The maximum absolute atomic E-state index is 12.3. The minimum atomic E-state index is -0.0985. The molecule has 1 saturated heterocycles. The van der Waals surface area contributed by atoms with Crippen molar-refractivity contribution >= 4 is 23.0 Å². The Kier molecular flexibility index (Phi) is 6.91. The van der Waals surface area contributed by atoms with Crippen LogP contribution < -0.4 is 26.0 Å². The Bertz CT molecular complexity index is 1050. The normalized spacial score (nSPS) is 14.1. The Labute approximate surface area is 202 Å². The topological polar surface area (TPSA) is 79.5 Å². The Morgan fingerprint density at radius 3 is 1.56 bits per heavy atom. The van der Waals surface area contributed by atoms with Gasteiger partial charge in [0.2, 0.25) is 5.91 Å². The van der Waals surface area contributed by atoms with Crippen molar-refractivity contribution in [2.24, 2.45) is 0 Å². The van der Waals surface area contributed by atoms with Gasteiger partial charge in [-0.15, -0.1) is 0 Å². The average molecular weight is 458 g/mol. The van der Waals surface area contributed by atoms with Gasteiger partial charge in [0.15, 0.2) is 0 Å². The molecule has 1 heterocycles. The summed E-state index contributed by atoms with van der Waals surface area (Å²) in [5.74, 6) is 0.128. The predicted molar refractivity (Wildman–Crippen MR) is 141 cm³/mol. The zero-order chi connectivity index (χ0) is 24.3. The van der Waals surface area contributed by atoms with E-state index in [1.165, 1.54) is 28.1 Å². The lowest BCUT2D eigenvalue weighted by atomic mass is 9.85. The van der Waals surface area contributed by atoms with Crippen molar-refractivity contribution in [1.29, 1.82) is 0 Å². The summed E-state index contributed by atoms with van der Waals surface area (Å²) in [6.07, 6.45) is 1.22. The molecule has 1 aliphatic heterocycles. The molecule has 6 heteroatoms. The highest BCUT2D eigenvalue weighted by Crippen LogP contribution is 2.34. The van der Waals surface area contributed by atoms with Gasteiger partial charge in [0, 0.05) is 57.6 Å². The van der Waals surface area contributed by atoms with Gasteiger partial charge in [0.1, 0.15) is 0 Å². The van der Waals surface area contributed by atoms with Crippen molar-refractivity contribution in [3.05, 3.63) is 89.5 Å². The van der Waals surface area contributed by atoms with E-state index in [4.69, 9.17) is 0 Å². The first kappa shape index (κ1) is 23.8. The van der Waals surface area contributed by atoms with Crippen molar-refractivity contribution in [3.8, 4) is 0 Å². The molecule has 0 aliphatic carbocycles. The van der Waals surface area contributed by atoms with E-state index < -0.39 is 0 Å². The minimum absolute atomic E-state index is 0.0274. The molecule has 0 bridgehead atoms. The van der Waals surface area contributed by atoms with Crippen LogP contribution in [0.25, 0.3) is 0 Å². The number of carbonyl (C=O) groups is 1. The molecule has 1 fully saturated rings. The van der Waals surface area contributed by atoms with E-state index in [0.717, 1.165) is 12.1 Å². The molecule has 3 N–H and O–H groups in total. The Morgan fingerprint density at radius 2 is 1.18 bits per heavy atom. The zero-order valence-corrected chi connectivity index (χ0v) is 20.7. The van der Waals surface area contributed by atoms with Gasteiger partial charge in [-0.2, -0.15) is 0 Å². The highest BCUT2D eigenvalue weighted by Gasteiger charge is 2.35. The van der Waals surface area contributed by atoms with Gasteiger partial charge in [0.05, 0.1) is 5.66 Å². The third kappa shape index (κ3) is 5.76. The Balaban J connectivity index is 1.57. The molecule has 4 rings (SSSR count). The predicted octanol–water partition coefficient (Wildman–Crippen LogP) is 4.54. The van der Waals surface area contributed by atoms with Crippen molar-refractivity contribution in [2.45, 2.75) is 31.3 Å². The molecule has 0 saturated carbocycles. The molecule has 3 aromatic carbocycles. The highest BCUT2D eigenvalue weighted by atomic mass is 16.1. The second kappa shape index (κ2) is 9.87. The maximum atomic E-state index is 12.3. The van der Waals surface area contributed by atoms with Gasteiger partial charge in [0.25, 0.3) is 0 Å². The van der Waals surface area contributed by atoms with Crippen molar-refractivity contribution in [2.75, 3.05) is 43.3 Å². The molecule has 1 amide bonds. The largest absolute Gasteiger partial charge is 0.378 e. The van der Waals surface area contributed by atoms with E-state index in [1.807, 2.05) is 19.1 Å². The van der Waals surface area contributed by atoms with Gasteiger partial charge < -0.3 is 15.1 Å². The summed E-state index contributed by atoms with van der Waals surface area (Å²) in [6.45, 7) is 2.05. The number of nitrogens with zero attached hydrogens (tertiary/aromatic N) is 2. The zero-order valence-electron chi connectivity index (χ0n) is 20.7. The van der Waals surface area contributed by atoms with E-state index in [0.29, 0.717) is 6.42 Å². The summed E-state index contributed by atoms with van der Waals surface area (Å²) in [7, 11) is 8.21. The first-order valence-corrected chi connectivity index (χ1v) is 11.7. The lowest BCUT2D eigenvalue weighted by Crippen LogP contribution is -2.18. The lowest BCUT2D eigenvalue weighted by Gasteiger charge is -2.22. The van der Waals surface area contributed by atoms with Gasteiger partial charge in [-0.3, -0.25) is 4.79 Å². The molecule has 34 heavy (non-hydrogen) atoms. The molecular formula is C28H35N5O.